The zero-order valence-corrected chi connectivity index (χ0v) is 27.0. The standard InChI is InChI=1S/C45H30N4O/c1-4-14-29(15-5-1)43-46-44(30-16-6-2-7-17-30)48-45(47-43)37-24-13-23-36-35-22-12-21-33(41(35)50-42(36)37)31-26-27-40-38(28-31)34-20-10-11-25-39(34)49(40)32-18-8-3-9-19-32/h1-28,43H,(H,46,47,48). The fourth-order valence-corrected chi connectivity index (χ4v) is 7.34. The van der Waals surface area contributed by atoms with Gasteiger partial charge in [-0.15, -0.1) is 0 Å². The fourth-order valence-electron chi connectivity index (χ4n) is 7.34. The Morgan fingerprint density at radius 3 is 1.90 bits per heavy atom. The number of aliphatic imine (C=N–C) groups is 2. The number of nitrogens with zero attached hydrogens (tertiary/aromatic N) is 3. The maximum atomic E-state index is 6.90. The van der Waals surface area contributed by atoms with Crippen molar-refractivity contribution in [3.8, 4) is 16.8 Å². The first-order valence-corrected chi connectivity index (χ1v) is 16.9. The molecule has 0 spiro atoms. The van der Waals surface area contributed by atoms with Crippen LogP contribution in [0.25, 0.3) is 60.6 Å². The maximum absolute atomic E-state index is 6.90. The van der Waals surface area contributed by atoms with E-state index in [4.69, 9.17) is 14.4 Å². The third-order valence-corrected chi connectivity index (χ3v) is 9.67. The van der Waals surface area contributed by atoms with Crippen LogP contribution in [0.2, 0.25) is 0 Å². The summed E-state index contributed by atoms with van der Waals surface area (Å²) in [5, 5.41) is 8.08. The van der Waals surface area contributed by atoms with Crippen LogP contribution in [0.5, 0.6) is 0 Å². The van der Waals surface area contributed by atoms with Gasteiger partial charge in [-0.2, -0.15) is 0 Å². The van der Waals surface area contributed by atoms with Gasteiger partial charge in [0, 0.05) is 38.4 Å². The average molecular weight is 643 g/mol. The summed E-state index contributed by atoms with van der Waals surface area (Å²) in [7, 11) is 0. The third-order valence-electron chi connectivity index (χ3n) is 9.67. The summed E-state index contributed by atoms with van der Waals surface area (Å²) in [4.78, 5) is 10.2. The molecular weight excluding hydrogens is 613 g/mol. The van der Waals surface area contributed by atoms with Crippen LogP contribution in [-0.2, 0) is 0 Å². The predicted molar refractivity (Wildman–Crippen MR) is 205 cm³/mol. The maximum Gasteiger partial charge on any atom is 0.163 e. The van der Waals surface area contributed by atoms with Crippen molar-refractivity contribution in [2.24, 2.45) is 9.98 Å². The van der Waals surface area contributed by atoms with Crippen LogP contribution in [0.4, 0.5) is 0 Å². The topological polar surface area (TPSA) is 54.8 Å². The van der Waals surface area contributed by atoms with Crippen LogP contribution in [-0.4, -0.2) is 16.2 Å². The number of hydrogen-bond donors (Lipinski definition) is 1. The molecule has 0 radical (unpaired) electrons. The van der Waals surface area contributed by atoms with Crippen LogP contribution < -0.4 is 5.32 Å². The second kappa shape index (κ2) is 11.5. The highest BCUT2D eigenvalue weighted by molar-refractivity contribution is 6.20. The van der Waals surface area contributed by atoms with Gasteiger partial charge in [0.05, 0.1) is 16.6 Å². The Morgan fingerprint density at radius 2 is 1.12 bits per heavy atom. The van der Waals surface area contributed by atoms with Crippen molar-refractivity contribution in [2.45, 2.75) is 6.17 Å². The van der Waals surface area contributed by atoms with Crippen molar-refractivity contribution in [1.29, 1.82) is 0 Å². The lowest BCUT2D eigenvalue weighted by Gasteiger charge is -2.23. The molecule has 1 unspecified atom stereocenters. The molecule has 1 atom stereocenters. The number of rotatable bonds is 5. The molecule has 236 valence electrons. The van der Waals surface area contributed by atoms with Gasteiger partial charge in [0.2, 0.25) is 0 Å². The molecule has 5 heteroatoms. The van der Waals surface area contributed by atoms with Crippen molar-refractivity contribution >= 4 is 55.4 Å². The van der Waals surface area contributed by atoms with E-state index in [2.05, 4.69) is 143 Å². The highest BCUT2D eigenvalue weighted by Crippen LogP contribution is 2.40. The largest absolute Gasteiger partial charge is 0.455 e. The molecule has 0 bridgehead atoms. The molecule has 2 aromatic heterocycles. The predicted octanol–water partition coefficient (Wildman–Crippen LogP) is 10.8. The molecule has 0 amide bonds. The molecule has 50 heavy (non-hydrogen) atoms. The number of aromatic nitrogens is 1. The summed E-state index contributed by atoms with van der Waals surface area (Å²) in [6.45, 7) is 0. The first kappa shape index (κ1) is 28.3. The second-order valence-corrected chi connectivity index (χ2v) is 12.6. The molecule has 1 aliphatic heterocycles. The second-order valence-electron chi connectivity index (χ2n) is 12.6. The van der Waals surface area contributed by atoms with Gasteiger partial charge in [0.25, 0.3) is 0 Å². The van der Waals surface area contributed by atoms with E-state index in [1.807, 2.05) is 36.4 Å². The lowest BCUT2D eigenvalue weighted by molar-refractivity contribution is 0.664. The summed E-state index contributed by atoms with van der Waals surface area (Å²) in [6, 6.07) is 59.1. The molecule has 9 aromatic rings. The molecule has 7 aromatic carbocycles. The zero-order chi connectivity index (χ0) is 33.0. The van der Waals surface area contributed by atoms with Crippen molar-refractivity contribution < 1.29 is 4.42 Å². The molecular formula is C45H30N4O. The van der Waals surface area contributed by atoms with E-state index >= 15 is 0 Å². The van der Waals surface area contributed by atoms with Crippen LogP contribution >= 0.6 is 0 Å². The smallest absolute Gasteiger partial charge is 0.163 e. The van der Waals surface area contributed by atoms with Gasteiger partial charge in [0.1, 0.15) is 23.2 Å². The number of amidine groups is 2. The van der Waals surface area contributed by atoms with Gasteiger partial charge in [0.15, 0.2) is 5.84 Å². The first-order chi connectivity index (χ1) is 24.8. The summed E-state index contributed by atoms with van der Waals surface area (Å²) >= 11 is 0. The Labute approximate surface area is 288 Å². The van der Waals surface area contributed by atoms with E-state index in [0.29, 0.717) is 5.84 Å². The Morgan fingerprint density at radius 1 is 0.500 bits per heavy atom. The van der Waals surface area contributed by atoms with Crippen molar-refractivity contribution in [3.63, 3.8) is 0 Å². The molecule has 0 aliphatic carbocycles. The Hall–Kier alpha value is -6.72. The lowest BCUT2D eigenvalue weighted by Crippen LogP contribution is -2.33. The zero-order valence-electron chi connectivity index (χ0n) is 27.0. The minimum atomic E-state index is -0.293. The third kappa shape index (κ3) is 4.55. The minimum absolute atomic E-state index is 0.293. The van der Waals surface area contributed by atoms with Gasteiger partial charge in [-0.3, -0.25) is 0 Å². The van der Waals surface area contributed by atoms with E-state index in [1.165, 1.54) is 21.8 Å². The van der Waals surface area contributed by atoms with Gasteiger partial charge < -0.3 is 14.3 Å². The van der Waals surface area contributed by atoms with Gasteiger partial charge in [-0.25, -0.2) is 9.98 Å². The Bertz CT molecular complexity index is 2780. The van der Waals surface area contributed by atoms with E-state index in [9.17, 15) is 0 Å². The number of hydrogen-bond acceptors (Lipinski definition) is 4. The van der Waals surface area contributed by atoms with E-state index in [1.54, 1.807) is 0 Å². The number of nitrogens with one attached hydrogen (secondary N) is 1. The van der Waals surface area contributed by atoms with E-state index in [-0.39, 0.29) is 6.17 Å². The molecule has 5 nitrogen and oxygen atoms in total. The first-order valence-electron chi connectivity index (χ1n) is 16.9. The molecule has 0 fully saturated rings. The average Bonchev–Trinajstić information content (AvgIpc) is 3.74. The highest BCUT2D eigenvalue weighted by Gasteiger charge is 2.24. The molecule has 0 saturated carbocycles. The number of fused-ring (bicyclic) bond motifs is 6. The van der Waals surface area contributed by atoms with Crippen molar-refractivity contribution in [1.82, 2.24) is 9.88 Å². The van der Waals surface area contributed by atoms with Crippen LogP contribution in [0.1, 0.15) is 22.9 Å². The monoisotopic (exact) mass is 642 g/mol. The van der Waals surface area contributed by atoms with Crippen LogP contribution in [0.15, 0.2) is 184 Å². The molecule has 3 heterocycles. The molecule has 1 aliphatic rings. The van der Waals surface area contributed by atoms with Crippen molar-refractivity contribution in [2.75, 3.05) is 0 Å². The van der Waals surface area contributed by atoms with Gasteiger partial charge in [-0.1, -0.05) is 133 Å². The molecule has 0 saturated heterocycles. The number of benzene rings is 7. The number of furan rings is 1. The molecule has 1 N–H and O–H groups in total. The van der Waals surface area contributed by atoms with E-state index < -0.39 is 0 Å². The van der Waals surface area contributed by atoms with Gasteiger partial charge in [-0.05, 0) is 47.5 Å². The normalized spacial score (nSPS) is 14.6. The highest BCUT2D eigenvalue weighted by atomic mass is 16.3. The quantitative estimate of drug-likeness (QED) is 0.203. The summed E-state index contributed by atoms with van der Waals surface area (Å²) < 4.78 is 9.25. The Kier molecular flexibility index (Phi) is 6.49. The van der Waals surface area contributed by atoms with E-state index in [0.717, 1.165) is 61.3 Å². The molecule has 10 rings (SSSR count). The van der Waals surface area contributed by atoms with Crippen LogP contribution in [0.3, 0.4) is 0 Å². The van der Waals surface area contributed by atoms with Gasteiger partial charge >= 0.3 is 0 Å². The van der Waals surface area contributed by atoms with Crippen molar-refractivity contribution in [3.05, 3.63) is 187 Å². The van der Waals surface area contributed by atoms with Crippen LogP contribution in [0, 0.1) is 0 Å². The SMILES string of the molecule is c1ccc(C2=NC(c3cccc4c3oc3c(-c5ccc6c(c5)c5ccccc5n6-c5ccccc5)cccc34)=NC(c3ccccc3)N2)cc1. The Balaban J connectivity index is 1.15. The summed E-state index contributed by atoms with van der Waals surface area (Å²) in [5.41, 5.74) is 10.2. The minimum Gasteiger partial charge on any atom is -0.455 e. The summed E-state index contributed by atoms with van der Waals surface area (Å²) in [6.07, 6.45) is -0.293. The number of para-hydroxylation sites is 4. The summed E-state index contributed by atoms with van der Waals surface area (Å²) in [5.74, 6) is 1.42. The fraction of sp³-hybridized carbons (Fsp3) is 0.0222. The lowest BCUT2D eigenvalue weighted by atomic mass is 10.00.